The van der Waals surface area contributed by atoms with Gasteiger partial charge in [0.25, 0.3) is 0 Å². The van der Waals surface area contributed by atoms with Crippen molar-refractivity contribution in [2.45, 2.75) is 63.0 Å². The number of rotatable bonds is 4. The number of hydrogen-bond acceptors (Lipinski definition) is 2. The Morgan fingerprint density at radius 1 is 0.900 bits per heavy atom. The van der Waals surface area contributed by atoms with Crippen LogP contribution < -0.4 is 5.32 Å². The van der Waals surface area contributed by atoms with Gasteiger partial charge < -0.3 is 5.32 Å². The molecule has 30 heavy (non-hydrogen) atoms. The molecule has 0 radical (unpaired) electrons. The van der Waals surface area contributed by atoms with E-state index < -0.39 is 0 Å². The number of anilines is 1. The molecule has 1 aliphatic heterocycles. The SMILES string of the molecule is CC(C)(C)c1ccc(NC2=CSC(C)(C3=CCCC=C3)C2(C)c2ccccc2)cc1. The Kier molecular flexibility index (Phi) is 5.48. The first-order valence-electron chi connectivity index (χ1n) is 10.9. The molecule has 2 aromatic rings. The van der Waals surface area contributed by atoms with Gasteiger partial charge in [-0.2, -0.15) is 0 Å². The van der Waals surface area contributed by atoms with Crippen molar-refractivity contribution in [3.8, 4) is 0 Å². The normalized spacial score (nSPS) is 26.3. The highest BCUT2D eigenvalue weighted by atomic mass is 32.2. The maximum Gasteiger partial charge on any atom is 0.0567 e. The highest BCUT2D eigenvalue weighted by Gasteiger charge is 2.54. The van der Waals surface area contributed by atoms with Crippen LogP contribution in [-0.2, 0) is 10.8 Å². The molecule has 0 fully saturated rings. The van der Waals surface area contributed by atoms with Crippen LogP contribution in [0.25, 0.3) is 0 Å². The zero-order valence-electron chi connectivity index (χ0n) is 18.8. The lowest BCUT2D eigenvalue weighted by atomic mass is 9.66. The molecule has 0 aromatic heterocycles. The number of allylic oxidation sites excluding steroid dienone is 4. The van der Waals surface area contributed by atoms with Gasteiger partial charge >= 0.3 is 0 Å². The molecular formula is C28H33NS. The summed E-state index contributed by atoms with van der Waals surface area (Å²) >= 11 is 1.94. The molecule has 0 bridgehead atoms. The fourth-order valence-corrected chi connectivity index (χ4v) is 5.96. The first-order valence-corrected chi connectivity index (χ1v) is 11.8. The molecule has 2 aliphatic rings. The molecule has 1 aliphatic carbocycles. The molecule has 4 rings (SSSR count). The summed E-state index contributed by atoms with van der Waals surface area (Å²) in [6, 6.07) is 19.9. The van der Waals surface area contributed by atoms with Gasteiger partial charge in [0.1, 0.15) is 0 Å². The molecule has 2 heteroatoms. The zero-order chi connectivity index (χ0) is 21.4. The third-order valence-electron chi connectivity index (χ3n) is 6.83. The minimum absolute atomic E-state index is 0.0566. The van der Waals surface area contributed by atoms with Crippen LogP contribution in [0.5, 0.6) is 0 Å². The second-order valence-electron chi connectivity index (χ2n) is 9.77. The van der Waals surface area contributed by atoms with Crippen LogP contribution in [0.1, 0.15) is 58.6 Å². The van der Waals surface area contributed by atoms with E-state index in [9.17, 15) is 0 Å². The van der Waals surface area contributed by atoms with Gasteiger partial charge in [0.15, 0.2) is 0 Å². The third-order valence-corrected chi connectivity index (χ3v) is 8.30. The van der Waals surface area contributed by atoms with Crippen LogP contribution in [0.15, 0.2) is 89.5 Å². The number of hydrogen-bond donors (Lipinski definition) is 1. The summed E-state index contributed by atoms with van der Waals surface area (Å²) in [5, 5.41) is 6.13. The zero-order valence-corrected chi connectivity index (χ0v) is 19.6. The first-order chi connectivity index (χ1) is 14.2. The minimum Gasteiger partial charge on any atom is -0.358 e. The predicted molar refractivity (Wildman–Crippen MR) is 133 cm³/mol. The number of nitrogens with one attached hydrogen (secondary N) is 1. The summed E-state index contributed by atoms with van der Waals surface area (Å²) in [5.41, 5.74) is 6.56. The van der Waals surface area contributed by atoms with Gasteiger partial charge in [-0.25, -0.2) is 0 Å². The molecule has 156 valence electrons. The second-order valence-corrected chi connectivity index (χ2v) is 11.1. The van der Waals surface area contributed by atoms with Crippen molar-refractivity contribution < 1.29 is 0 Å². The summed E-state index contributed by atoms with van der Waals surface area (Å²) in [6.07, 6.45) is 9.37. The van der Waals surface area contributed by atoms with Gasteiger partial charge in [-0.15, -0.1) is 11.8 Å². The van der Waals surface area contributed by atoms with Crippen LogP contribution >= 0.6 is 11.8 Å². The van der Waals surface area contributed by atoms with Crippen molar-refractivity contribution in [3.05, 3.63) is 101 Å². The Balaban J connectivity index is 1.72. The van der Waals surface area contributed by atoms with E-state index in [-0.39, 0.29) is 15.6 Å². The van der Waals surface area contributed by atoms with Crippen LogP contribution in [-0.4, -0.2) is 4.75 Å². The molecule has 1 N–H and O–H groups in total. The second kappa shape index (κ2) is 7.81. The number of benzene rings is 2. The van der Waals surface area contributed by atoms with Gasteiger partial charge in [0, 0.05) is 11.4 Å². The van der Waals surface area contributed by atoms with E-state index in [1.807, 2.05) is 11.8 Å². The molecule has 1 nitrogen and oxygen atoms in total. The largest absolute Gasteiger partial charge is 0.358 e. The Hall–Kier alpha value is -2.19. The summed E-state index contributed by atoms with van der Waals surface area (Å²) in [6.45, 7) is 11.6. The Bertz CT molecular complexity index is 991. The minimum atomic E-state index is -0.158. The molecule has 2 unspecified atom stereocenters. The molecule has 1 heterocycles. The fourth-order valence-electron chi connectivity index (χ4n) is 4.56. The van der Waals surface area contributed by atoms with E-state index in [4.69, 9.17) is 0 Å². The van der Waals surface area contributed by atoms with Crippen molar-refractivity contribution in [1.29, 1.82) is 0 Å². The highest BCUT2D eigenvalue weighted by Crippen LogP contribution is 2.59. The third kappa shape index (κ3) is 3.56. The van der Waals surface area contributed by atoms with Crippen LogP contribution in [0.4, 0.5) is 5.69 Å². The molecule has 2 aromatic carbocycles. The summed E-state index contributed by atoms with van der Waals surface area (Å²) in [4.78, 5) is 0. The van der Waals surface area contributed by atoms with Crippen LogP contribution in [0.3, 0.4) is 0 Å². The summed E-state index contributed by atoms with van der Waals surface area (Å²) in [7, 11) is 0. The quantitative estimate of drug-likeness (QED) is 0.543. The van der Waals surface area contributed by atoms with Crippen LogP contribution in [0.2, 0.25) is 0 Å². The Morgan fingerprint density at radius 2 is 1.60 bits per heavy atom. The van der Waals surface area contributed by atoms with Crippen molar-refractivity contribution in [2.75, 3.05) is 5.32 Å². The molecular weight excluding hydrogens is 382 g/mol. The summed E-state index contributed by atoms with van der Waals surface area (Å²) in [5.74, 6) is 0. The lowest BCUT2D eigenvalue weighted by molar-refractivity contribution is 0.473. The Labute approximate surface area is 186 Å². The molecule has 2 atom stereocenters. The van der Waals surface area contributed by atoms with Gasteiger partial charge in [0.05, 0.1) is 10.2 Å². The molecule has 0 saturated carbocycles. The Morgan fingerprint density at radius 3 is 2.20 bits per heavy atom. The van der Waals surface area contributed by atoms with Crippen molar-refractivity contribution in [3.63, 3.8) is 0 Å². The lowest BCUT2D eigenvalue weighted by Gasteiger charge is -2.44. The predicted octanol–water partition coefficient (Wildman–Crippen LogP) is 7.98. The topological polar surface area (TPSA) is 12.0 Å². The van der Waals surface area contributed by atoms with E-state index in [0.29, 0.717) is 0 Å². The van der Waals surface area contributed by atoms with Crippen LogP contribution in [0, 0.1) is 0 Å². The van der Waals surface area contributed by atoms with Crippen molar-refractivity contribution in [2.24, 2.45) is 0 Å². The maximum absolute atomic E-state index is 3.79. The maximum atomic E-state index is 3.79. The van der Waals surface area contributed by atoms with Crippen molar-refractivity contribution >= 4 is 17.4 Å². The highest BCUT2D eigenvalue weighted by molar-refractivity contribution is 8.04. The van der Waals surface area contributed by atoms with Gasteiger partial charge in [0.2, 0.25) is 0 Å². The fraction of sp³-hybridized carbons (Fsp3) is 0.357. The first kappa shape index (κ1) is 21.1. The number of thioether (sulfide) groups is 1. The van der Waals surface area contributed by atoms with Gasteiger partial charge in [-0.1, -0.05) is 81.5 Å². The van der Waals surface area contributed by atoms with E-state index in [2.05, 4.69) is 118 Å². The molecule has 0 saturated heterocycles. The van der Waals surface area contributed by atoms with Gasteiger partial charge in [-0.05, 0) is 66.3 Å². The van der Waals surface area contributed by atoms with Crippen molar-refractivity contribution in [1.82, 2.24) is 0 Å². The lowest BCUT2D eigenvalue weighted by Crippen LogP contribution is -2.46. The molecule has 0 amide bonds. The summed E-state index contributed by atoms with van der Waals surface area (Å²) < 4.78 is -0.0566. The average molecular weight is 416 g/mol. The van der Waals surface area contributed by atoms with E-state index in [1.54, 1.807) is 0 Å². The van der Waals surface area contributed by atoms with Gasteiger partial charge in [-0.3, -0.25) is 0 Å². The van der Waals surface area contributed by atoms with E-state index in [0.717, 1.165) is 18.5 Å². The average Bonchev–Trinajstić information content (AvgIpc) is 3.02. The van der Waals surface area contributed by atoms with E-state index >= 15 is 0 Å². The smallest absolute Gasteiger partial charge is 0.0567 e. The monoisotopic (exact) mass is 415 g/mol. The standard InChI is InChI=1S/C28H33NS/c1-26(2,3)21-16-18-24(19-17-21)29-25-20-30-28(5,23-14-10-7-11-15-23)27(25,4)22-12-8-6-9-13-22/h6,8-10,12-20,29H,7,11H2,1-5H3. The van der Waals surface area contributed by atoms with E-state index in [1.165, 1.54) is 22.4 Å². The molecule has 0 spiro atoms.